The summed E-state index contributed by atoms with van der Waals surface area (Å²) < 4.78 is 0. The lowest BCUT2D eigenvalue weighted by atomic mass is 9.88. The minimum atomic E-state index is 0.602. The SMILES string of the molecule is N#Cc1ccc([B]O)cc1. The summed E-state index contributed by atoms with van der Waals surface area (Å²) in [5, 5.41) is 16.9. The molecule has 1 N–H and O–H groups in total. The van der Waals surface area contributed by atoms with Crippen molar-refractivity contribution in [3.05, 3.63) is 29.8 Å². The van der Waals surface area contributed by atoms with Gasteiger partial charge < -0.3 is 5.02 Å². The van der Waals surface area contributed by atoms with Crippen LogP contribution in [0.2, 0.25) is 0 Å². The van der Waals surface area contributed by atoms with Crippen molar-refractivity contribution in [2.75, 3.05) is 0 Å². The van der Waals surface area contributed by atoms with Gasteiger partial charge in [0, 0.05) is 0 Å². The number of benzene rings is 1. The summed E-state index contributed by atoms with van der Waals surface area (Å²) in [6, 6.07) is 8.65. The van der Waals surface area contributed by atoms with Crippen LogP contribution in [0.3, 0.4) is 0 Å². The Morgan fingerprint density at radius 2 is 1.90 bits per heavy atom. The van der Waals surface area contributed by atoms with E-state index in [1.165, 1.54) is 0 Å². The van der Waals surface area contributed by atoms with Gasteiger partial charge >= 0.3 is 7.48 Å². The lowest BCUT2D eigenvalue weighted by Gasteiger charge is -1.90. The molecule has 1 aromatic rings. The van der Waals surface area contributed by atoms with Crippen LogP contribution in [0.5, 0.6) is 0 Å². The molecule has 1 rings (SSSR count). The predicted octanol–water partition coefficient (Wildman–Crippen LogP) is -0.205. The highest BCUT2D eigenvalue weighted by Crippen LogP contribution is 1.91. The average molecular weight is 130 g/mol. The molecule has 0 atom stereocenters. The minimum absolute atomic E-state index is 0.602. The first-order valence-electron chi connectivity index (χ1n) is 2.84. The number of nitrogens with zero attached hydrogens (tertiary/aromatic N) is 1. The van der Waals surface area contributed by atoms with Gasteiger partial charge in [-0.25, -0.2) is 0 Å². The van der Waals surface area contributed by atoms with Crippen molar-refractivity contribution >= 4 is 12.9 Å². The van der Waals surface area contributed by atoms with E-state index < -0.39 is 0 Å². The van der Waals surface area contributed by atoms with Crippen LogP contribution in [0.25, 0.3) is 0 Å². The number of hydrogen-bond donors (Lipinski definition) is 1. The van der Waals surface area contributed by atoms with Crippen molar-refractivity contribution in [3.63, 3.8) is 0 Å². The fraction of sp³-hybridized carbons (Fsp3) is 0. The number of nitriles is 1. The molecule has 0 fully saturated rings. The summed E-state index contributed by atoms with van der Waals surface area (Å²) >= 11 is 0. The molecule has 0 heterocycles. The van der Waals surface area contributed by atoms with Crippen LogP contribution in [0.4, 0.5) is 0 Å². The minimum Gasteiger partial charge on any atom is -0.450 e. The molecule has 47 valence electrons. The Bertz CT molecular complexity index is 249. The van der Waals surface area contributed by atoms with E-state index in [9.17, 15) is 0 Å². The van der Waals surface area contributed by atoms with Gasteiger partial charge in [0.15, 0.2) is 0 Å². The zero-order valence-corrected chi connectivity index (χ0v) is 5.28. The van der Waals surface area contributed by atoms with E-state index >= 15 is 0 Å². The molecule has 3 heteroatoms. The smallest absolute Gasteiger partial charge is 0.326 e. The zero-order valence-electron chi connectivity index (χ0n) is 5.28. The quantitative estimate of drug-likeness (QED) is 0.534. The Labute approximate surface area is 60.0 Å². The van der Waals surface area contributed by atoms with Gasteiger partial charge in [-0.15, -0.1) is 0 Å². The Morgan fingerprint density at radius 1 is 1.30 bits per heavy atom. The molecule has 1 radical (unpaired) electrons. The fourth-order valence-corrected chi connectivity index (χ4v) is 0.644. The van der Waals surface area contributed by atoms with Gasteiger partial charge in [0.25, 0.3) is 0 Å². The van der Waals surface area contributed by atoms with Crippen molar-refractivity contribution < 1.29 is 5.02 Å². The normalized spacial score (nSPS) is 8.40. The fourth-order valence-electron chi connectivity index (χ4n) is 0.644. The maximum atomic E-state index is 8.49. The second kappa shape index (κ2) is 3.04. The van der Waals surface area contributed by atoms with Crippen LogP contribution in [-0.2, 0) is 0 Å². The summed E-state index contributed by atoms with van der Waals surface area (Å²) in [5.74, 6) is 0. The van der Waals surface area contributed by atoms with Crippen LogP contribution in [-0.4, -0.2) is 12.5 Å². The van der Waals surface area contributed by atoms with E-state index in [-0.39, 0.29) is 0 Å². The molecular formula is C7H5BNO. The monoisotopic (exact) mass is 130 g/mol. The standard InChI is InChI=1S/C7H5BNO/c9-5-6-1-3-7(8-10)4-2-6/h1-4,10H. The van der Waals surface area contributed by atoms with Crippen molar-refractivity contribution in [1.29, 1.82) is 5.26 Å². The van der Waals surface area contributed by atoms with E-state index in [4.69, 9.17) is 10.3 Å². The highest BCUT2D eigenvalue weighted by atomic mass is 16.2. The molecule has 0 spiro atoms. The summed E-state index contributed by atoms with van der Waals surface area (Å²) in [6.07, 6.45) is 0. The van der Waals surface area contributed by atoms with Crippen molar-refractivity contribution in [2.24, 2.45) is 0 Å². The highest BCUT2D eigenvalue weighted by molar-refractivity contribution is 6.45. The van der Waals surface area contributed by atoms with E-state index in [2.05, 4.69) is 0 Å². The third-order valence-electron chi connectivity index (χ3n) is 1.19. The maximum absolute atomic E-state index is 8.49. The second-order valence-corrected chi connectivity index (χ2v) is 1.86. The largest absolute Gasteiger partial charge is 0.450 e. The first kappa shape index (κ1) is 6.85. The molecule has 10 heavy (non-hydrogen) atoms. The van der Waals surface area contributed by atoms with E-state index in [1.807, 2.05) is 6.07 Å². The molecule has 0 aromatic heterocycles. The Balaban J connectivity index is 2.93. The van der Waals surface area contributed by atoms with E-state index in [0.717, 1.165) is 7.48 Å². The second-order valence-electron chi connectivity index (χ2n) is 1.86. The molecule has 0 saturated carbocycles. The van der Waals surface area contributed by atoms with Gasteiger partial charge in [-0.05, 0) is 12.1 Å². The van der Waals surface area contributed by atoms with Crippen LogP contribution < -0.4 is 5.46 Å². The van der Waals surface area contributed by atoms with Gasteiger partial charge in [0.2, 0.25) is 0 Å². The molecule has 2 nitrogen and oxygen atoms in total. The lowest BCUT2D eigenvalue weighted by molar-refractivity contribution is 0.615. The average Bonchev–Trinajstić information content (AvgIpc) is 2.05. The molecule has 0 saturated heterocycles. The zero-order chi connectivity index (χ0) is 7.40. The summed E-state index contributed by atoms with van der Waals surface area (Å²) in [6.45, 7) is 0. The number of hydrogen-bond acceptors (Lipinski definition) is 2. The van der Waals surface area contributed by atoms with Gasteiger partial charge in [0.1, 0.15) is 0 Å². The van der Waals surface area contributed by atoms with Crippen LogP contribution in [0.15, 0.2) is 24.3 Å². The maximum Gasteiger partial charge on any atom is 0.326 e. The van der Waals surface area contributed by atoms with Crippen molar-refractivity contribution in [3.8, 4) is 6.07 Å². The third-order valence-corrected chi connectivity index (χ3v) is 1.19. The molecule has 0 aliphatic rings. The molecule has 0 amide bonds. The predicted molar refractivity (Wildman–Crippen MR) is 38.8 cm³/mol. The van der Waals surface area contributed by atoms with Crippen LogP contribution in [0, 0.1) is 11.3 Å². The van der Waals surface area contributed by atoms with Gasteiger partial charge in [0.05, 0.1) is 11.6 Å². The molecule has 0 bridgehead atoms. The highest BCUT2D eigenvalue weighted by Gasteiger charge is 1.91. The molecular weight excluding hydrogens is 125 g/mol. The summed E-state index contributed by atoms with van der Waals surface area (Å²) in [5.41, 5.74) is 1.31. The molecule has 1 aromatic carbocycles. The van der Waals surface area contributed by atoms with Crippen LogP contribution >= 0.6 is 0 Å². The number of rotatable bonds is 1. The van der Waals surface area contributed by atoms with Crippen LogP contribution in [0.1, 0.15) is 5.56 Å². The van der Waals surface area contributed by atoms with Gasteiger partial charge in [-0.3, -0.25) is 0 Å². The molecule has 0 aliphatic carbocycles. The van der Waals surface area contributed by atoms with Crippen molar-refractivity contribution in [1.82, 2.24) is 0 Å². The Kier molecular flexibility index (Phi) is 2.09. The van der Waals surface area contributed by atoms with E-state index in [1.54, 1.807) is 24.3 Å². The molecule has 0 unspecified atom stereocenters. The van der Waals surface area contributed by atoms with Gasteiger partial charge in [-0.2, -0.15) is 5.26 Å². The first-order chi connectivity index (χ1) is 4.86. The summed E-state index contributed by atoms with van der Waals surface area (Å²) in [4.78, 5) is 0. The Hall–Kier alpha value is -1.27. The first-order valence-corrected chi connectivity index (χ1v) is 2.84. The van der Waals surface area contributed by atoms with Gasteiger partial charge in [-0.1, -0.05) is 17.6 Å². The van der Waals surface area contributed by atoms with Crippen molar-refractivity contribution in [2.45, 2.75) is 0 Å². The topological polar surface area (TPSA) is 44.0 Å². The Morgan fingerprint density at radius 3 is 2.30 bits per heavy atom. The lowest BCUT2D eigenvalue weighted by Crippen LogP contribution is -2.11. The summed E-state index contributed by atoms with van der Waals surface area (Å²) in [7, 11) is 1.00. The van der Waals surface area contributed by atoms with E-state index in [0.29, 0.717) is 11.0 Å². The molecule has 0 aliphatic heterocycles. The third kappa shape index (κ3) is 1.37.